The molecule has 1 aromatic rings. The van der Waals surface area contributed by atoms with Crippen molar-refractivity contribution in [2.45, 2.75) is 18.8 Å². The summed E-state index contributed by atoms with van der Waals surface area (Å²) in [4.78, 5) is 24.1. The topological polar surface area (TPSA) is 49.3 Å². The molecule has 0 saturated carbocycles. The van der Waals surface area contributed by atoms with Crippen LogP contribution in [0.2, 0.25) is 0 Å². The van der Waals surface area contributed by atoms with Crippen molar-refractivity contribution in [2.24, 2.45) is 0 Å². The maximum Gasteiger partial charge on any atom is 0.236 e. The van der Waals surface area contributed by atoms with Crippen molar-refractivity contribution in [3.8, 4) is 0 Å². The molecular formula is C13H20N4O. The number of carbonyl (C=O) groups excluding carboxylic acids is 1. The van der Waals surface area contributed by atoms with E-state index in [1.54, 1.807) is 12.5 Å². The molecule has 5 nitrogen and oxygen atoms in total. The average molecular weight is 248 g/mol. The van der Waals surface area contributed by atoms with E-state index in [9.17, 15) is 4.79 Å². The Kier molecular flexibility index (Phi) is 4.25. The van der Waals surface area contributed by atoms with Gasteiger partial charge in [-0.05, 0) is 33.0 Å². The molecule has 2 rings (SSSR count). The highest BCUT2D eigenvalue weighted by Gasteiger charge is 2.25. The molecule has 98 valence electrons. The predicted octanol–water partition coefficient (Wildman–Crippen LogP) is 0.744. The lowest BCUT2D eigenvalue weighted by Gasteiger charge is -2.33. The third-order valence-electron chi connectivity index (χ3n) is 3.25. The maximum absolute atomic E-state index is 12.0. The van der Waals surface area contributed by atoms with Gasteiger partial charge in [0.05, 0.1) is 6.54 Å². The number of hydrogen-bond donors (Lipinski definition) is 0. The molecule has 1 aliphatic heterocycles. The molecule has 1 amide bonds. The number of rotatable bonds is 3. The molecule has 0 aromatic carbocycles. The quantitative estimate of drug-likeness (QED) is 0.792. The number of amides is 1. The standard InChI is InChI=1S/C13H20N4O/c1-16(2)9-13(18)17-7-3-4-11(8-17)12-5-6-14-10-15-12/h5-6,10-11H,3-4,7-9H2,1-2H3/t11-/m1/s1. The number of nitrogens with zero attached hydrogens (tertiary/aromatic N) is 4. The SMILES string of the molecule is CN(C)CC(=O)N1CCC[C@@H](c2ccncn2)C1. The Morgan fingerprint density at radius 2 is 2.39 bits per heavy atom. The van der Waals surface area contributed by atoms with Gasteiger partial charge in [0.25, 0.3) is 0 Å². The highest BCUT2D eigenvalue weighted by Crippen LogP contribution is 2.24. The van der Waals surface area contributed by atoms with Crippen LogP contribution in [0.15, 0.2) is 18.6 Å². The van der Waals surface area contributed by atoms with E-state index in [0.717, 1.165) is 31.6 Å². The summed E-state index contributed by atoms with van der Waals surface area (Å²) in [6.07, 6.45) is 5.50. The van der Waals surface area contributed by atoms with Crippen molar-refractivity contribution in [1.82, 2.24) is 19.8 Å². The number of likely N-dealkylation sites (tertiary alicyclic amines) is 1. The number of likely N-dealkylation sites (N-methyl/N-ethyl adjacent to an activating group) is 1. The molecule has 1 atom stereocenters. The zero-order chi connectivity index (χ0) is 13.0. The molecule has 0 unspecified atom stereocenters. The van der Waals surface area contributed by atoms with E-state index in [-0.39, 0.29) is 5.91 Å². The van der Waals surface area contributed by atoms with Crippen LogP contribution in [0, 0.1) is 0 Å². The maximum atomic E-state index is 12.0. The fourth-order valence-electron chi connectivity index (χ4n) is 2.36. The number of piperidine rings is 1. The predicted molar refractivity (Wildman–Crippen MR) is 69.1 cm³/mol. The highest BCUT2D eigenvalue weighted by atomic mass is 16.2. The van der Waals surface area contributed by atoms with Gasteiger partial charge in [-0.2, -0.15) is 0 Å². The molecule has 1 aliphatic rings. The van der Waals surface area contributed by atoms with Crippen LogP contribution in [0.3, 0.4) is 0 Å². The van der Waals surface area contributed by atoms with Gasteiger partial charge in [0.15, 0.2) is 0 Å². The monoisotopic (exact) mass is 248 g/mol. The average Bonchev–Trinajstić information content (AvgIpc) is 2.39. The van der Waals surface area contributed by atoms with Crippen LogP contribution >= 0.6 is 0 Å². The Morgan fingerprint density at radius 1 is 1.56 bits per heavy atom. The minimum Gasteiger partial charge on any atom is -0.341 e. The number of carbonyl (C=O) groups is 1. The van der Waals surface area contributed by atoms with Gasteiger partial charge < -0.3 is 9.80 Å². The molecule has 0 N–H and O–H groups in total. The van der Waals surface area contributed by atoms with Gasteiger partial charge in [-0.1, -0.05) is 0 Å². The van der Waals surface area contributed by atoms with Crippen molar-refractivity contribution in [3.63, 3.8) is 0 Å². The van der Waals surface area contributed by atoms with Crippen molar-refractivity contribution in [1.29, 1.82) is 0 Å². The summed E-state index contributed by atoms with van der Waals surface area (Å²) in [5.74, 6) is 0.562. The molecule has 1 fully saturated rings. The highest BCUT2D eigenvalue weighted by molar-refractivity contribution is 5.78. The zero-order valence-electron chi connectivity index (χ0n) is 11.0. The fourth-order valence-corrected chi connectivity index (χ4v) is 2.36. The van der Waals surface area contributed by atoms with Crippen LogP contribution in [0.4, 0.5) is 0 Å². The summed E-state index contributed by atoms with van der Waals surface area (Å²) in [5, 5.41) is 0. The van der Waals surface area contributed by atoms with Crippen molar-refractivity contribution >= 4 is 5.91 Å². The minimum absolute atomic E-state index is 0.207. The largest absolute Gasteiger partial charge is 0.341 e. The van der Waals surface area contributed by atoms with Crippen LogP contribution in [0.25, 0.3) is 0 Å². The smallest absolute Gasteiger partial charge is 0.236 e. The van der Waals surface area contributed by atoms with Gasteiger partial charge >= 0.3 is 0 Å². The first kappa shape index (κ1) is 13.0. The van der Waals surface area contributed by atoms with E-state index in [4.69, 9.17) is 0 Å². The second-order valence-corrected chi connectivity index (χ2v) is 5.05. The number of hydrogen-bond acceptors (Lipinski definition) is 4. The van der Waals surface area contributed by atoms with Gasteiger partial charge in [-0.25, -0.2) is 9.97 Å². The summed E-state index contributed by atoms with van der Waals surface area (Å²) >= 11 is 0. The Morgan fingerprint density at radius 3 is 3.06 bits per heavy atom. The molecule has 0 bridgehead atoms. The lowest BCUT2D eigenvalue weighted by atomic mass is 9.94. The van der Waals surface area contributed by atoms with Crippen LogP contribution in [0.1, 0.15) is 24.5 Å². The normalized spacial score (nSPS) is 20.2. The summed E-state index contributed by atoms with van der Waals surface area (Å²) < 4.78 is 0. The van der Waals surface area contributed by atoms with Crippen molar-refractivity contribution in [2.75, 3.05) is 33.7 Å². The number of aromatic nitrogens is 2. The Bertz CT molecular complexity index is 393. The Labute approximate surface area is 108 Å². The van der Waals surface area contributed by atoms with E-state index >= 15 is 0 Å². The van der Waals surface area contributed by atoms with Gasteiger partial charge in [0, 0.05) is 30.9 Å². The Balaban J connectivity index is 1.98. The van der Waals surface area contributed by atoms with Crippen molar-refractivity contribution < 1.29 is 4.79 Å². The minimum atomic E-state index is 0.207. The summed E-state index contributed by atoms with van der Waals surface area (Å²) in [6.45, 7) is 2.13. The van der Waals surface area contributed by atoms with Gasteiger partial charge in [0.1, 0.15) is 6.33 Å². The second kappa shape index (κ2) is 5.91. The van der Waals surface area contributed by atoms with Crippen LogP contribution in [0.5, 0.6) is 0 Å². The molecule has 0 spiro atoms. The molecule has 18 heavy (non-hydrogen) atoms. The summed E-state index contributed by atoms with van der Waals surface area (Å²) in [6, 6.07) is 1.95. The van der Waals surface area contributed by atoms with E-state index in [1.165, 1.54) is 0 Å². The first-order valence-electron chi connectivity index (χ1n) is 6.35. The first-order valence-corrected chi connectivity index (χ1v) is 6.35. The zero-order valence-corrected chi connectivity index (χ0v) is 11.0. The lowest BCUT2D eigenvalue weighted by Crippen LogP contribution is -2.43. The molecule has 1 saturated heterocycles. The third-order valence-corrected chi connectivity index (χ3v) is 3.25. The molecule has 5 heteroatoms. The van der Waals surface area contributed by atoms with Crippen LogP contribution < -0.4 is 0 Å². The second-order valence-electron chi connectivity index (χ2n) is 5.05. The molecule has 0 aliphatic carbocycles. The van der Waals surface area contributed by atoms with Crippen LogP contribution in [-0.4, -0.2) is 59.4 Å². The Hall–Kier alpha value is -1.49. The molecular weight excluding hydrogens is 228 g/mol. The van der Waals surface area contributed by atoms with Gasteiger partial charge in [0.2, 0.25) is 5.91 Å². The van der Waals surface area contributed by atoms with E-state index in [1.807, 2.05) is 30.0 Å². The summed E-state index contributed by atoms with van der Waals surface area (Å²) in [5.41, 5.74) is 1.05. The van der Waals surface area contributed by atoms with Crippen LogP contribution in [-0.2, 0) is 4.79 Å². The first-order chi connectivity index (χ1) is 8.66. The van der Waals surface area contributed by atoms with E-state index < -0.39 is 0 Å². The van der Waals surface area contributed by atoms with Gasteiger partial charge in [-0.3, -0.25) is 4.79 Å². The van der Waals surface area contributed by atoms with Gasteiger partial charge in [-0.15, -0.1) is 0 Å². The fraction of sp³-hybridized carbons (Fsp3) is 0.615. The molecule has 2 heterocycles. The van der Waals surface area contributed by atoms with Crippen molar-refractivity contribution in [3.05, 3.63) is 24.3 Å². The summed E-state index contributed by atoms with van der Waals surface area (Å²) in [7, 11) is 3.84. The molecule has 0 radical (unpaired) electrons. The van der Waals surface area contributed by atoms with E-state index in [0.29, 0.717) is 12.5 Å². The third kappa shape index (κ3) is 3.26. The molecule has 1 aromatic heterocycles. The van der Waals surface area contributed by atoms with E-state index in [2.05, 4.69) is 9.97 Å². The lowest BCUT2D eigenvalue weighted by molar-refractivity contribution is -0.133.